The van der Waals surface area contributed by atoms with Crippen LogP contribution >= 0.6 is 15.9 Å². The van der Waals surface area contributed by atoms with E-state index < -0.39 is 8.07 Å². The van der Waals surface area contributed by atoms with Crippen LogP contribution in [0, 0.1) is 0 Å². The van der Waals surface area contributed by atoms with Crippen molar-refractivity contribution in [2.75, 3.05) is 0 Å². The van der Waals surface area contributed by atoms with Crippen molar-refractivity contribution in [3.8, 4) is 0 Å². The largest absolute Gasteiger partial charge is 0.0950 e. The Morgan fingerprint density at radius 2 is 1.48 bits per heavy atom. The summed E-state index contributed by atoms with van der Waals surface area (Å²) in [6.45, 7) is 19.0. The average Bonchev–Trinajstić information content (AvgIpc) is 2.67. The second-order valence-electron chi connectivity index (χ2n) is 7.17. The van der Waals surface area contributed by atoms with Crippen LogP contribution in [0.15, 0.2) is 34.4 Å². The first kappa shape index (κ1) is 16.8. The first-order valence-corrected chi connectivity index (χ1v) is 11.0. The molecule has 1 aromatic rings. The Labute approximate surface area is 139 Å². The van der Waals surface area contributed by atoms with Gasteiger partial charge in [0, 0.05) is 4.47 Å². The SMILES string of the molecule is C=C1C([Si](C(C)C)(C(C)C)C(C)C)=Cc2ccc(Br)cc21. The van der Waals surface area contributed by atoms with Gasteiger partial charge < -0.3 is 0 Å². The van der Waals surface area contributed by atoms with Crippen molar-refractivity contribution in [3.63, 3.8) is 0 Å². The molecule has 0 nitrogen and oxygen atoms in total. The van der Waals surface area contributed by atoms with Crippen molar-refractivity contribution in [1.82, 2.24) is 0 Å². The lowest BCUT2D eigenvalue weighted by Gasteiger charge is -2.45. The fourth-order valence-corrected chi connectivity index (χ4v) is 11.9. The van der Waals surface area contributed by atoms with Crippen molar-refractivity contribution in [1.29, 1.82) is 0 Å². The minimum Gasteiger partial charge on any atom is -0.0913 e. The fourth-order valence-electron chi connectivity index (χ4n) is 4.62. The van der Waals surface area contributed by atoms with Crippen molar-refractivity contribution >= 4 is 35.7 Å². The number of halogens is 1. The normalized spacial score (nSPS) is 15.1. The maximum absolute atomic E-state index is 4.48. The Kier molecular flexibility index (Phi) is 4.70. The molecule has 0 radical (unpaired) electrons. The molecule has 0 N–H and O–H groups in total. The molecule has 0 aromatic heterocycles. The highest BCUT2D eigenvalue weighted by Gasteiger charge is 2.47. The fraction of sp³-hybridized carbons (Fsp3) is 0.474. The van der Waals surface area contributed by atoms with Gasteiger partial charge in [-0.25, -0.2) is 0 Å². The molecule has 0 aliphatic heterocycles. The number of fused-ring (bicyclic) bond motifs is 1. The van der Waals surface area contributed by atoms with E-state index in [1.807, 2.05) is 0 Å². The molecule has 0 heterocycles. The van der Waals surface area contributed by atoms with E-state index in [9.17, 15) is 0 Å². The molecule has 0 amide bonds. The summed E-state index contributed by atoms with van der Waals surface area (Å²) < 4.78 is 1.14. The lowest BCUT2D eigenvalue weighted by molar-refractivity contribution is 0.829. The molecule has 0 saturated carbocycles. The summed E-state index contributed by atoms with van der Waals surface area (Å²) in [5, 5.41) is 1.58. The lowest BCUT2D eigenvalue weighted by atomic mass is 10.1. The standard InChI is InChI=1S/C19H27BrSi/c1-12(2)21(13(3)4,14(5)6)19-10-16-8-9-17(20)11-18(16)15(19)7/h8-14H,7H2,1-6H3. The summed E-state index contributed by atoms with van der Waals surface area (Å²) in [5.74, 6) is 0. The topological polar surface area (TPSA) is 0 Å². The van der Waals surface area contributed by atoms with Crippen LogP contribution in [0.3, 0.4) is 0 Å². The second kappa shape index (κ2) is 5.89. The van der Waals surface area contributed by atoms with Crippen LogP contribution in [0.2, 0.25) is 16.6 Å². The lowest BCUT2D eigenvalue weighted by Crippen LogP contribution is -2.46. The molecule has 1 aliphatic carbocycles. The van der Waals surface area contributed by atoms with E-state index in [1.54, 1.807) is 5.20 Å². The summed E-state index contributed by atoms with van der Waals surface area (Å²) in [4.78, 5) is 0. The third-order valence-corrected chi connectivity index (χ3v) is 12.9. The van der Waals surface area contributed by atoms with Crippen LogP contribution in [0.4, 0.5) is 0 Å². The van der Waals surface area contributed by atoms with Gasteiger partial charge in [0.15, 0.2) is 0 Å². The van der Waals surface area contributed by atoms with Gasteiger partial charge >= 0.3 is 0 Å². The highest BCUT2D eigenvalue weighted by Crippen LogP contribution is 2.53. The number of hydrogen-bond acceptors (Lipinski definition) is 0. The molecule has 1 aliphatic rings. The smallest absolute Gasteiger partial charge is 0.0913 e. The summed E-state index contributed by atoms with van der Waals surface area (Å²) in [7, 11) is -1.63. The molecule has 2 heteroatoms. The molecular weight excluding hydrogens is 336 g/mol. The first-order valence-electron chi connectivity index (χ1n) is 7.94. The highest BCUT2D eigenvalue weighted by molar-refractivity contribution is 9.10. The Bertz CT molecular complexity index is 572. The average molecular weight is 363 g/mol. The van der Waals surface area contributed by atoms with Crippen LogP contribution in [0.25, 0.3) is 11.6 Å². The van der Waals surface area contributed by atoms with Crippen molar-refractivity contribution in [2.24, 2.45) is 0 Å². The molecule has 0 unspecified atom stereocenters. The van der Waals surface area contributed by atoms with Gasteiger partial charge in [-0.1, -0.05) is 81.4 Å². The summed E-state index contributed by atoms with van der Waals surface area (Å²) in [6, 6.07) is 6.58. The number of benzene rings is 1. The van der Waals surface area contributed by atoms with Crippen LogP contribution < -0.4 is 0 Å². The monoisotopic (exact) mass is 362 g/mol. The van der Waals surface area contributed by atoms with Gasteiger partial charge in [-0.05, 0) is 45.5 Å². The van der Waals surface area contributed by atoms with Gasteiger partial charge in [-0.3, -0.25) is 0 Å². The van der Waals surface area contributed by atoms with Gasteiger partial charge in [0.05, 0.1) is 8.07 Å². The maximum Gasteiger partial charge on any atom is 0.0950 e. The van der Waals surface area contributed by atoms with Crippen LogP contribution in [0.5, 0.6) is 0 Å². The van der Waals surface area contributed by atoms with E-state index in [0.29, 0.717) is 0 Å². The van der Waals surface area contributed by atoms with Gasteiger partial charge in [-0.15, -0.1) is 0 Å². The molecule has 0 spiro atoms. The molecule has 2 rings (SSSR count). The Morgan fingerprint density at radius 1 is 0.952 bits per heavy atom. The highest BCUT2D eigenvalue weighted by atomic mass is 79.9. The zero-order chi connectivity index (χ0) is 15.9. The van der Waals surface area contributed by atoms with Gasteiger partial charge in [0.1, 0.15) is 0 Å². The Balaban J connectivity index is 2.62. The third kappa shape index (κ3) is 2.51. The molecule has 1 aromatic carbocycles. The van der Waals surface area contributed by atoms with E-state index in [4.69, 9.17) is 0 Å². The van der Waals surface area contributed by atoms with E-state index in [1.165, 1.54) is 16.7 Å². The van der Waals surface area contributed by atoms with Crippen molar-refractivity contribution in [3.05, 3.63) is 45.6 Å². The number of hydrogen-bond donors (Lipinski definition) is 0. The van der Waals surface area contributed by atoms with Crippen molar-refractivity contribution < 1.29 is 0 Å². The Hall–Kier alpha value is -0.603. The van der Waals surface area contributed by atoms with E-state index in [-0.39, 0.29) is 0 Å². The van der Waals surface area contributed by atoms with Crippen molar-refractivity contribution in [2.45, 2.75) is 58.2 Å². The molecule has 114 valence electrons. The quantitative estimate of drug-likeness (QED) is 0.502. The van der Waals surface area contributed by atoms with Gasteiger partial charge in [0.2, 0.25) is 0 Å². The summed E-state index contributed by atoms with van der Waals surface area (Å²) in [6.07, 6.45) is 2.44. The third-order valence-electron chi connectivity index (χ3n) is 5.30. The molecule has 0 bridgehead atoms. The molecule has 0 atom stereocenters. The minimum atomic E-state index is -1.63. The van der Waals surface area contributed by atoms with Crippen LogP contribution in [-0.4, -0.2) is 8.07 Å². The van der Waals surface area contributed by atoms with Crippen LogP contribution in [0.1, 0.15) is 52.7 Å². The summed E-state index contributed by atoms with van der Waals surface area (Å²) in [5.41, 5.74) is 6.10. The van der Waals surface area contributed by atoms with E-state index in [2.05, 4.69) is 88.3 Å². The molecule has 21 heavy (non-hydrogen) atoms. The predicted octanol–water partition coefficient (Wildman–Crippen LogP) is 7.08. The van der Waals surface area contributed by atoms with Crippen LogP contribution in [-0.2, 0) is 0 Å². The molecular formula is C19H27BrSi. The number of rotatable bonds is 4. The zero-order valence-corrected chi connectivity index (χ0v) is 16.7. The number of allylic oxidation sites excluding steroid dienone is 2. The van der Waals surface area contributed by atoms with Gasteiger partial charge in [0.25, 0.3) is 0 Å². The minimum absolute atomic E-state index is 0.721. The predicted molar refractivity (Wildman–Crippen MR) is 102 cm³/mol. The second-order valence-corrected chi connectivity index (χ2v) is 13.9. The Morgan fingerprint density at radius 3 is 1.95 bits per heavy atom. The zero-order valence-electron chi connectivity index (χ0n) is 14.1. The maximum atomic E-state index is 4.48. The summed E-state index contributed by atoms with van der Waals surface area (Å²) >= 11 is 3.60. The molecule has 0 saturated heterocycles. The van der Waals surface area contributed by atoms with Gasteiger partial charge in [-0.2, -0.15) is 0 Å². The van der Waals surface area contributed by atoms with E-state index in [0.717, 1.165) is 21.1 Å². The first-order chi connectivity index (χ1) is 9.72. The molecule has 0 fully saturated rings. The van der Waals surface area contributed by atoms with E-state index >= 15 is 0 Å².